The molecule has 23 heavy (non-hydrogen) atoms. The lowest BCUT2D eigenvalue weighted by Crippen LogP contribution is -2.27. The number of carbonyl (C=O) groups is 1. The average Bonchev–Trinajstić information content (AvgIpc) is 2.58. The molecule has 0 aliphatic rings. The third-order valence-electron chi connectivity index (χ3n) is 3.85. The molecule has 0 atom stereocenters. The molecular formula is C19H17NO3. The van der Waals surface area contributed by atoms with Crippen LogP contribution < -0.4 is 5.56 Å². The zero-order valence-electron chi connectivity index (χ0n) is 13.1. The van der Waals surface area contributed by atoms with Gasteiger partial charge in [0, 0.05) is 18.0 Å². The highest BCUT2D eigenvalue weighted by molar-refractivity contribution is 6.06. The molecule has 0 unspecified atom stereocenters. The van der Waals surface area contributed by atoms with Gasteiger partial charge in [-0.25, -0.2) is 4.79 Å². The maximum atomic E-state index is 12.8. The van der Waals surface area contributed by atoms with Crippen molar-refractivity contribution in [3.8, 4) is 11.1 Å². The summed E-state index contributed by atoms with van der Waals surface area (Å²) in [6.07, 6.45) is 0. The largest absolute Gasteiger partial charge is 0.462 e. The van der Waals surface area contributed by atoms with Gasteiger partial charge in [-0.3, -0.25) is 4.79 Å². The van der Waals surface area contributed by atoms with Gasteiger partial charge in [0.15, 0.2) is 0 Å². The van der Waals surface area contributed by atoms with Gasteiger partial charge in [-0.2, -0.15) is 0 Å². The minimum atomic E-state index is -0.585. The lowest BCUT2D eigenvalue weighted by molar-refractivity contribution is 0.0525. The molecule has 0 bridgehead atoms. The lowest BCUT2D eigenvalue weighted by Gasteiger charge is -2.15. The Labute approximate surface area is 133 Å². The first kappa shape index (κ1) is 15.0. The predicted octanol–water partition coefficient (Wildman–Crippen LogP) is 3.38. The van der Waals surface area contributed by atoms with E-state index in [1.54, 1.807) is 14.0 Å². The number of pyridine rings is 1. The second kappa shape index (κ2) is 6.08. The number of rotatable bonds is 3. The van der Waals surface area contributed by atoms with E-state index in [-0.39, 0.29) is 17.7 Å². The summed E-state index contributed by atoms with van der Waals surface area (Å²) in [4.78, 5) is 25.2. The van der Waals surface area contributed by atoms with Crippen LogP contribution in [0.3, 0.4) is 0 Å². The maximum absolute atomic E-state index is 12.8. The Hall–Kier alpha value is -2.88. The van der Waals surface area contributed by atoms with E-state index in [4.69, 9.17) is 4.74 Å². The van der Waals surface area contributed by atoms with Crippen LogP contribution in [0, 0.1) is 0 Å². The summed E-state index contributed by atoms with van der Waals surface area (Å²) >= 11 is 0. The van der Waals surface area contributed by atoms with Gasteiger partial charge in [0.25, 0.3) is 5.56 Å². The van der Waals surface area contributed by atoms with E-state index in [0.717, 1.165) is 16.5 Å². The molecule has 0 saturated carbocycles. The topological polar surface area (TPSA) is 48.3 Å². The number of benzene rings is 2. The Morgan fingerprint density at radius 2 is 1.70 bits per heavy atom. The number of fused-ring (bicyclic) bond motifs is 1. The van der Waals surface area contributed by atoms with Crippen LogP contribution in [0.5, 0.6) is 0 Å². The fourth-order valence-corrected chi connectivity index (χ4v) is 2.79. The maximum Gasteiger partial charge on any atom is 0.344 e. The summed E-state index contributed by atoms with van der Waals surface area (Å²) < 4.78 is 6.62. The SMILES string of the molecule is CCOC(=O)c1c(-c2ccccc2)c2ccccc2n(C)c1=O. The molecule has 3 rings (SSSR count). The fraction of sp³-hybridized carbons (Fsp3) is 0.158. The standard InChI is InChI=1S/C19H17NO3/c1-3-23-19(22)17-16(13-9-5-4-6-10-13)14-11-7-8-12-15(14)20(2)18(17)21/h4-12H,3H2,1-2H3. The van der Waals surface area contributed by atoms with E-state index in [0.29, 0.717) is 5.56 Å². The Kier molecular flexibility index (Phi) is 3.98. The van der Waals surface area contributed by atoms with Gasteiger partial charge in [0.2, 0.25) is 0 Å². The molecule has 0 N–H and O–H groups in total. The number of para-hydroxylation sites is 1. The van der Waals surface area contributed by atoms with Gasteiger partial charge >= 0.3 is 5.97 Å². The van der Waals surface area contributed by atoms with E-state index in [9.17, 15) is 9.59 Å². The second-order valence-electron chi connectivity index (χ2n) is 5.22. The smallest absolute Gasteiger partial charge is 0.344 e. The molecule has 0 aliphatic carbocycles. The van der Waals surface area contributed by atoms with Crippen LogP contribution in [0.2, 0.25) is 0 Å². The summed E-state index contributed by atoms with van der Waals surface area (Å²) in [7, 11) is 1.67. The molecule has 0 amide bonds. The Balaban J connectivity index is 2.47. The number of aromatic nitrogens is 1. The highest BCUT2D eigenvalue weighted by Crippen LogP contribution is 2.30. The third kappa shape index (κ3) is 2.52. The number of ether oxygens (including phenoxy) is 1. The Morgan fingerprint density at radius 1 is 1.04 bits per heavy atom. The molecule has 0 aliphatic heterocycles. The molecule has 1 aromatic heterocycles. The van der Waals surface area contributed by atoms with Crippen LogP contribution in [0.25, 0.3) is 22.0 Å². The van der Waals surface area contributed by atoms with Crippen molar-refractivity contribution in [2.75, 3.05) is 6.61 Å². The number of esters is 1. The van der Waals surface area contributed by atoms with E-state index >= 15 is 0 Å². The van der Waals surface area contributed by atoms with Gasteiger partial charge in [-0.1, -0.05) is 48.5 Å². The molecule has 116 valence electrons. The average molecular weight is 307 g/mol. The van der Waals surface area contributed by atoms with Crippen molar-refractivity contribution in [3.63, 3.8) is 0 Å². The van der Waals surface area contributed by atoms with Crippen molar-refractivity contribution in [1.29, 1.82) is 0 Å². The summed E-state index contributed by atoms with van der Waals surface area (Å²) in [6, 6.07) is 17.0. The molecule has 0 saturated heterocycles. The number of aryl methyl sites for hydroxylation is 1. The molecule has 2 aromatic carbocycles. The van der Waals surface area contributed by atoms with Gasteiger partial charge in [0.05, 0.1) is 12.1 Å². The molecule has 3 aromatic rings. The number of hydrogen-bond acceptors (Lipinski definition) is 3. The molecular weight excluding hydrogens is 290 g/mol. The lowest BCUT2D eigenvalue weighted by atomic mass is 9.96. The summed E-state index contributed by atoms with van der Waals surface area (Å²) in [6.45, 7) is 1.95. The summed E-state index contributed by atoms with van der Waals surface area (Å²) in [5.74, 6) is -0.585. The van der Waals surface area contributed by atoms with Gasteiger partial charge in [-0.15, -0.1) is 0 Å². The minimum absolute atomic E-state index is 0.0826. The Morgan fingerprint density at radius 3 is 2.39 bits per heavy atom. The molecule has 4 heteroatoms. The molecule has 1 heterocycles. The first-order valence-corrected chi connectivity index (χ1v) is 7.49. The van der Waals surface area contributed by atoms with Crippen molar-refractivity contribution >= 4 is 16.9 Å². The van der Waals surface area contributed by atoms with Crippen LogP contribution in [0.4, 0.5) is 0 Å². The minimum Gasteiger partial charge on any atom is -0.462 e. The Bertz CT molecular complexity index is 926. The summed E-state index contributed by atoms with van der Waals surface area (Å²) in [5, 5.41) is 0.851. The first-order chi connectivity index (χ1) is 11.1. The second-order valence-corrected chi connectivity index (χ2v) is 5.22. The van der Waals surface area contributed by atoms with Crippen molar-refractivity contribution in [3.05, 3.63) is 70.5 Å². The number of nitrogens with zero attached hydrogens (tertiary/aromatic N) is 1. The van der Waals surface area contributed by atoms with Crippen LogP contribution >= 0.6 is 0 Å². The monoisotopic (exact) mass is 307 g/mol. The van der Waals surface area contributed by atoms with Crippen LogP contribution in [-0.4, -0.2) is 17.1 Å². The first-order valence-electron chi connectivity index (χ1n) is 7.49. The highest BCUT2D eigenvalue weighted by atomic mass is 16.5. The van der Waals surface area contributed by atoms with Crippen molar-refractivity contribution < 1.29 is 9.53 Å². The van der Waals surface area contributed by atoms with E-state index in [1.165, 1.54) is 4.57 Å². The van der Waals surface area contributed by atoms with Crippen molar-refractivity contribution in [1.82, 2.24) is 4.57 Å². The zero-order chi connectivity index (χ0) is 16.4. The summed E-state index contributed by atoms with van der Waals surface area (Å²) in [5.41, 5.74) is 1.97. The van der Waals surface area contributed by atoms with Gasteiger partial charge in [0.1, 0.15) is 5.56 Å². The van der Waals surface area contributed by atoms with E-state index < -0.39 is 5.97 Å². The van der Waals surface area contributed by atoms with E-state index in [1.807, 2.05) is 54.6 Å². The van der Waals surface area contributed by atoms with Crippen LogP contribution in [-0.2, 0) is 11.8 Å². The third-order valence-corrected chi connectivity index (χ3v) is 3.85. The van der Waals surface area contributed by atoms with Crippen molar-refractivity contribution in [2.24, 2.45) is 7.05 Å². The van der Waals surface area contributed by atoms with Crippen LogP contribution in [0.1, 0.15) is 17.3 Å². The van der Waals surface area contributed by atoms with Crippen LogP contribution in [0.15, 0.2) is 59.4 Å². The number of carbonyl (C=O) groups excluding carboxylic acids is 1. The highest BCUT2D eigenvalue weighted by Gasteiger charge is 2.23. The van der Waals surface area contributed by atoms with E-state index in [2.05, 4.69) is 0 Å². The molecule has 0 fully saturated rings. The van der Waals surface area contributed by atoms with Crippen molar-refractivity contribution in [2.45, 2.75) is 6.92 Å². The predicted molar refractivity (Wildman–Crippen MR) is 90.6 cm³/mol. The quantitative estimate of drug-likeness (QED) is 0.697. The zero-order valence-corrected chi connectivity index (χ0v) is 13.1. The fourth-order valence-electron chi connectivity index (χ4n) is 2.79. The molecule has 0 spiro atoms. The van der Waals surface area contributed by atoms with Gasteiger partial charge in [-0.05, 0) is 18.6 Å². The molecule has 4 nitrogen and oxygen atoms in total. The molecule has 0 radical (unpaired) electrons. The van der Waals surface area contributed by atoms with Gasteiger partial charge < -0.3 is 9.30 Å². The normalized spacial score (nSPS) is 10.7. The number of hydrogen-bond donors (Lipinski definition) is 0.